The van der Waals surface area contributed by atoms with E-state index in [2.05, 4.69) is 16.0 Å². The number of nitrogens with zero attached hydrogens (tertiary/aromatic N) is 1. The molecule has 0 bridgehead atoms. The summed E-state index contributed by atoms with van der Waals surface area (Å²) in [5.74, 6) is -0.993. The van der Waals surface area contributed by atoms with Crippen LogP contribution in [0.15, 0.2) is 17.5 Å². The second-order valence-electron chi connectivity index (χ2n) is 8.63. The Hall–Kier alpha value is -2.27. The molecule has 5 amide bonds. The van der Waals surface area contributed by atoms with Gasteiger partial charge in [0.1, 0.15) is 12.1 Å². The van der Waals surface area contributed by atoms with Crippen LogP contribution in [0.3, 0.4) is 0 Å². The molecule has 9 nitrogen and oxygen atoms in total. The van der Waals surface area contributed by atoms with E-state index in [1.165, 1.54) is 34.4 Å². The lowest BCUT2D eigenvalue weighted by Gasteiger charge is -2.25. The van der Waals surface area contributed by atoms with E-state index in [1.54, 1.807) is 0 Å². The van der Waals surface area contributed by atoms with E-state index in [4.69, 9.17) is 5.73 Å². The van der Waals surface area contributed by atoms with Crippen LogP contribution < -0.4 is 21.7 Å². The van der Waals surface area contributed by atoms with Gasteiger partial charge in [0.15, 0.2) is 0 Å². The summed E-state index contributed by atoms with van der Waals surface area (Å²) in [6.45, 7) is 0.252. The highest BCUT2D eigenvalue weighted by molar-refractivity contribution is 7.99. The summed E-state index contributed by atoms with van der Waals surface area (Å²) >= 11 is 2.86. The Morgan fingerprint density at radius 1 is 1.18 bits per heavy atom. The van der Waals surface area contributed by atoms with Crippen LogP contribution in [0.2, 0.25) is 0 Å². The molecule has 2 fully saturated rings. The zero-order chi connectivity index (χ0) is 23.8. The molecule has 5 N–H and O–H groups in total. The van der Waals surface area contributed by atoms with Crippen LogP contribution in [0.25, 0.3) is 0 Å². The predicted molar refractivity (Wildman–Crippen MR) is 130 cm³/mol. The molecule has 3 unspecified atom stereocenters. The summed E-state index contributed by atoms with van der Waals surface area (Å²) < 4.78 is 0. The summed E-state index contributed by atoms with van der Waals surface area (Å²) in [4.78, 5) is 52.7. The lowest BCUT2D eigenvalue weighted by atomic mass is 9.96. The van der Waals surface area contributed by atoms with Gasteiger partial charge in [-0.3, -0.25) is 14.4 Å². The minimum absolute atomic E-state index is 0.169. The highest BCUT2D eigenvalue weighted by atomic mass is 32.2. The molecule has 0 spiro atoms. The molecule has 1 aliphatic carbocycles. The quantitative estimate of drug-likeness (QED) is 0.409. The highest BCUT2D eigenvalue weighted by Gasteiger charge is 2.41. The van der Waals surface area contributed by atoms with Crippen molar-refractivity contribution in [2.45, 2.75) is 69.1 Å². The van der Waals surface area contributed by atoms with E-state index in [1.807, 2.05) is 23.8 Å². The molecule has 1 aromatic heterocycles. The minimum Gasteiger partial charge on any atom is -0.368 e. The number of primary amides is 1. The van der Waals surface area contributed by atoms with Gasteiger partial charge in [-0.1, -0.05) is 25.3 Å². The standard InChI is InChI=1S/C22H33N5O4S2/c1-32-13-19(28)27-12-15(25-22(31)24-14-6-3-2-4-7-14)10-18(27)21(30)26-17(20(23)29)11-16-8-5-9-33-16/h5,8-9,14-15,17-18H,2-4,6-7,10-13H2,1H3,(H2,23,29)(H,26,30)(H2,24,25,31). The number of nitrogens with one attached hydrogen (secondary N) is 3. The van der Waals surface area contributed by atoms with Crippen LogP contribution in [0, 0.1) is 0 Å². The number of carbonyl (C=O) groups excluding carboxylic acids is 4. The summed E-state index contributed by atoms with van der Waals surface area (Å²) in [7, 11) is 0. The Kier molecular flexibility index (Phi) is 9.42. The van der Waals surface area contributed by atoms with Crippen molar-refractivity contribution in [3.63, 3.8) is 0 Å². The summed E-state index contributed by atoms with van der Waals surface area (Å²) in [5, 5.41) is 10.6. The number of thioether (sulfide) groups is 1. The Morgan fingerprint density at radius 3 is 2.55 bits per heavy atom. The fourth-order valence-corrected chi connectivity index (χ4v) is 5.62. The summed E-state index contributed by atoms with van der Waals surface area (Å²) in [6, 6.07) is 1.67. The molecule has 3 rings (SSSR count). The predicted octanol–water partition coefficient (Wildman–Crippen LogP) is 1.23. The lowest BCUT2D eigenvalue weighted by Crippen LogP contribution is -2.53. The number of hydrogen-bond acceptors (Lipinski definition) is 6. The third-order valence-electron chi connectivity index (χ3n) is 6.11. The van der Waals surface area contributed by atoms with E-state index in [9.17, 15) is 19.2 Å². The Bertz CT molecular complexity index is 829. The smallest absolute Gasteiger partial charge is 0.315 e. The number of amides is 5. The second kappa shape index (κ2) is 12.3. The van der Waals surface area contributed by atoms with Crippen molar-refractivity contribution in [2.24, 2.45) is 5.73 Å². The number of nitrogens with two attached hydrogens (primary N) is 1. The summed E-state index contributed by atoms with van der Waals surface area (Å²) in [6.07, 6.45) is 7.77. The number of likely N-dealkylation sites (tertiary alicyclic amines) is 1. The first-order chi connectivity index (χ1) is 15.9. The monoisotopic (exact) mass is 495 g/mol. The van der Waals surface area contributed by atoms with Crippen molar-refractivity contribution in [3.05, 3.63) is 22.4 Å². The molecule has 0 aromatic carbocycles. The minimum atomic E-state index is -0.865. The molecular weight excluding hydrogens is 462 g/mol. The maximum absolute atomic E-state index is 13.1. The maximum Gasteiger partial charge on any atom is 0.315 e. The average molecular weight is 496 g/mol. The van der Waals surface area contributed by atoms with E-state index in [0.717, 1.165) is 30.6 Å². The second-order valence-corrected chi connectivity index (χ2v) is 10.5. The van der Waals surface area contributed by atoms with Crippen molar-refractivity contribution in [3.8, 4) is 0 Å². The molecule has 182 valence electrons. The van der Waals surface area contributed by atoms with E-state index in [0.29, 0.717) is 6.42 Å². The van der Waals surface area contributed by atoms with Crippen molar-refractivity contribution >= 4 is 46.9 Å². The first-order valence-corrected chi connectivity index (χ1v) is 13.6. The van der Waals surface area contributed by atoms with Crippen molar-refractivity contribution < 1.29 is 19.2 Å². The van der Waals surface area contributed by atoms with Crippen LogP contribution in [-0.2, 0) is 20.8 Å². The average Bonchev–Trinajstić information content (AvgIpc) is 3.44. The van der Waals surface area contributed by atoms with Crippen molar-refractivity contribution in [1.82, 2.24) is 20.9 Å². The largest absolute Gasteiger partial charge is 0.368 e. The molecule has 3 atom stereocenters. The zero-order valence-corrected chi connectivity index (χ0v) is 20.5. The Balaban J connectivity index is 1.62. The van der Waals surface area contributed by atoms with Gasteiger partial charge in [0.2, 0.25) is 17.7 Å². The van der Waals surface area contributed by atoms with Crippen LogP contribution in [0.5, 0.6) is 0 Å². The van der Waals surface area contributed by atoms with Gasteiger partial charge in [0.05, 0.1) is 11.8 Å². The molecule has 2 aliphatic rings. The first-order valence-electron chi connectivity index (χ1n) is 11.3. The fraction of sp³-hybridized carbons (Fsp3) is 0.636. The normalized spacial score (nSPS) is 21.9. The first kappa shape index (κ1) is 25.4. The molecule has 1 aromatic rings. The van der Waals surface area contributed by atoms with Gasteiger partial charge in [-0.15, -0.1) is 11.3 Å². The van der Waals surface area contributed by atoms with Crippen LogP contribution in [0.4, 0.5) is 4.79 Å². The zero-order valence-electron chi connectivity index (χ0n) is 18.9. The molecule has 1 saturated heterocycles. The number of rotatable bonds is 9. The van der Waals surface area contributed by atoms with E-state index in [-0.39, 0.29) is 42.7 Å². The summed E-state index contributed by atoms with van der Waals surface area (Å²) in [5.41, 5.74) is 5.53. The lowest BCUT2D eigenvalue weighted by molar-refractivity contribution is -0.137. The van der Waals surface area contributed by atoms with Crippen LogP contribution in [-0.4, -0.2) is 71.4 Å². The van der Waals surface area contributed by atoms with Crippen LogP contribution in [0.1, 0.15) is 43.4 Å². The maximum atomic E-state index is 13.1. The number of hydrogen-bond donors (Lipinski definition) is 4. The van der Waals surface area contributed by atoms with Gasteiger partial charge in [0, 0.05) is 23.9 Å². The van der Waals surface area contributed by atoms with E-state index >= 15 is 0 Å². The number of urea groups is 1. The fourth-order valence-electron chi connectivity index (χ4n) is 4.45. The third-order valence-corrected chi connectivity index (χ3v) is 7.55. The molecule has 1 aliphatic heterocycles. The molecular formula is C22H33N5O4S2. The molecule has 2 heterocycles. The molecule has 33 heavy (non-hydrogen) atoms. The van der Waals surface area contributed by atoms with Gasteiger partial charge in [-0.2, -0.15) is 11.8 Å². The van der Waals surface area contributed by atoms with E-state index < -0.39 is 23.9 Å². The van der Waals surface area contributed by atoms with Crippen LogP contribution >= 0.6 is 23.1 Å². The Labute approximate surface area is 202 Å². The van der Waals surface area contributed by atoms with Crippen molar-refractivity contribution in [2.75, 3.05) is 18.6 Å². The molecule has 0 radical (unpaired) electrons. The SMILES string of the molecule is CSCC(=O)N1CC(NC(=O)NC2CCCCC2)CC1C(=O)NC(Cc1cccs1)C(N)=O. The topological polar surface area (TPSA) is 134 Å². The van der Waals surface area contributed by atoms with Crippen molar-refractivity contribution in [1.29, 1.82) is 0 Å². The number of carbonyl (C=O) groups is 4. The molecule has 11 heteroatoms. The third kappa shape index (κ3) is 7.36. The number of thiophene rings is 1. The molecule has 1 saturated carbocycles. The highest BCUT2D eigenvalue weighted by Crippen LogP contribution is 2.21. The van der Waals surface area contributed by atoms with Gasteiger partial charge in [-0.05, 0) is 37.0 Å². The Morgan fingerprint density at radius 2 is 1.91 bits per heavy atom. The van der Waals surface area contributed by atoms with Gasteiger partial charge < -0.3 is 26.6 Å². The van der Waals surface area contributed by atoms with Gasteiger partial charge in [-0.25, -0.2) is 4.79 Å². The van der Waals surface area contributed by atoms with Gasteiger partial charge >= 0.3 is 6.03 Å². The van der Waals surface area contributed by atoms with Gasteiger partial charge in [0.25, 0.3) is 0 Å².